The molecule has 0 N–H and O–H groups in total. The van der Waals surface area contributed by atoms with Gasteiger partial charge in [0.15, 0.2) is 0 Å². The largest absolute Gasteiger partial charge is 0.337 e. The molecule has 0 radical (unpaired) electrons. The summed E-state index contributed by atoms with van der Waals surface area (Å²) in [4.78, 5) is 13.7. The Morgan fingerprint density at radius 3 is 2.93 bits per heavy atom. The maximum Gasteiger partial charge on any atom is 0.224 e. The molecular formula is C11H11BrClNO. The van der Waals surface area contributed by atoms with E-state index >= 15 is 0 Å². The third-order valence-electron chi connectivity index (χ3n) is 2.43. The molecule has 1 aliphatic heterocycles. The zero-order valence-corrected chi connectivity index (χ0v) is 10.5. The van der Waals surface area contributed by atoms with Crippen LogP contribution in [0.4, 0.5) is 0 Å². The van der Waals surface area contributed by atoms with Gasteiger partial charge in [0, 0.05) is 29.4 Å². The van der Waals surface area contributed by atoms with Gasteiger partial charge >= 0.3 is 0 Å². The fourth-order valence-electron chi connectivity index (χ4n) is 1.73. The molecule has 1 saturated heterocycles. The maximum atomic E-state index is 11.5. The van der Waals surface area contributed by atoms with E-state index in [1.54, 1.807) is 0 Å². The number of benzene rings is 1. The molecule has 15 heavy (non-hydrogen) atoms. The predicted octanol–water partition coefficient (Wildman–Crippen LogP) is 2.84. The summed E-state index contributed by atoms with van der Waals surface area (Å²) < 4.78 is 0. The van der Waals surface area contributed by atoms with Crippen molar-refractivity contribution in [2.45, 2.75) is 17.8 Å². The zero-order chi connectivity index (χ0) is 10.8. The number of nitrogens with zero attached hydrogens (tertiary/aromatic N) is 1. The highest BCUT2D eigenvalue weighted by Crippen LogP contribution is 2.21. The predicted molar refractivity (Wildman–Crippen MR) is 64.2 cm³/mol. The van der Waals surface area contributed by atoms with Gasteiger partial charge in [-0.1, -0.05) is 39.7 Å². The number of alkyl halides is 1. The second kappa shape index (κ2) is 4.54. The normalized spacial score (nSPS) is 21.1. The minimum Gasteiger partial charge on any atom is -0.337 e. The molecule has 1 aromatic carbocycles. The van der Waals surface area contributed by atoms with Crippen molar-refractivity contribution < 1.29 is 4.79 Å². The van der Waals surface area contributed by atoms with Crippen LogP contribution in [0.3, 0.4) is 0 Å². The van der Waals surface area contributed by atoms with E-state index in [1.165, 1.54) is 0 Å². The van der Waals surface area contributed by atoms with Gasteiger partial charge in [-0.2, -0.15) is 0 Å². The van der Waals surface area contributed by atoms with Crippen LogP contribution in [0.1, 0.15) is 12.0 Å². The van der Waals surface area contributed by atoms with E-state index in [0.29, 0.717) is 17.8 Å². The molecule has 1 atom stereocenters. The molecule has 1 amide bonds. The van der Waals surface area contributed by atoms with E-state index in [1.807, 2.05) is 29.2 Å². The maximum absolute atomic E-state index is 11.5. The molecule has 2 nitrogen and oxygen atoms in total. The summed E-state index contributed by atoms with van der Waals surface area (Å²) in [6, 6.07) is 7.63. The average Bonchev–Trinajstić information content (AvgIpc) is 2.45. The van der Waals surface area contributed by atoms with E-state index in [9.17, 15) is 4.79 Å². The van der Waals surface area contributed by atoms with Crippen LogP contribution in [0.15, 0.2) is 24.3 Å². The Hall–Kier alpha value is -0.540. The molecule has 0 spiro atoms. The van der Waals surface area contributed by atoms with Gasteiger partial charge in [-0.15, -0.1) is 0 Å². The molecule has 1 aliphatic rings. The first kappa shape index (κ1) is 11.0. The van der Waals surface area contributed by atoms with Crippen molar-refractivity contribution in [2.24, 2.45) is 0 Å². The number of likely N-dealkylation sites (tertiary alicyclic amines) is 1. The van der Waals surface area contributed by atoms with Crippen LogP contribution in [0.25, 0.3) is 0 Å². The second-order valence-corrected chi connectivity index (χ2v) is 5.44. The van der Waals surface area contributed by atoms with Crippen molar-refractivity contribution in [1.29, 1.82) is 0 Å². The lowest BCUT2D eigenvalue weighted by molar-refractivity contribution is -0.128. The van der Waals surface area contributed by atoms with Gasteiger partial charge in [0.25, 0.3) is 0 Å². The Morgan fingerprint density at radius 2 is 2.33 bits per heavy atom. The Balaban J connectivity index is 2.06. The fourth-order valence-corrected chi connectivity index (χ4v) is 2.57. The summed E-state index contributed by atoms with van der Waals surface area (Å²) in [5.74, 6) is 0.205. The first-order valence-corrected chi connectivity index (χ1v) is 6.11. The average molecular weight is 289 g/mol. The number of carbonyl (C=O) groups excluding carboxylic acids is 1. The second-order valence-electron chi connectivity index (χ2n) is 3.71. The summed E-state index contributed by atoms with van der Waals surface area (Å²) in [5.41, 5.74) is 1.08. The zero-order valence-electron chi connectivity index (χ0n) is 8.12. The summed E-state index contributed by atoms with van der Waals surface area (Å²) in [6.45, 7) is 1.44. The minimum atomic E-state index is 0.205. The van der Waals surface area contributed by atoms with E-state index in [-0.39, 0.29) is 5.91 Å². The highest BCUT2D eigenvalue weighted by atomic mass is 79.9. The fraction of sp³-hybridized carbons (Fsp3) is 0.364. The summed E-state index contributed by atoms with van der Waals surface area (Å²) in [7, 11) is 0. The van der Waals surface area contributed by atoms with Crippen molar-refractivity contribution >= 4 is 33.4 Å². The third-order valence-corrected chi connectivity index (χ3v) is 3.28. The molecular weight excluding hydrogens is 277 g/mol. The highest BCUT2D eigenvalue weighted by molar-refractivity contribution is 9.09. The molecule has 4 heteroatoms. The summed E-state index contributed by atoms with van der Waals surface area (Å²) in [6.07, 6.45) is 0.598. The smallest absolute Gasteiger partial charge is 0.224 e. The van der Waals surface area contributed by atoms with Gasteiger partial charge in [-0.25, -0.2) is 0 Å². The SMILES string of the molecule is O=C1CC(Br)CN1Cc1cccc(Cl)c1. The van der Waals surface area contributed by atoms with Gasteiger partial charge in [0.05, 0.1) is 0 Å². The molecule has 80 valence electrons. The van der Waals surface area contributed by atoms with Crippen LogP contribution in [0, 0.1) is 0 Å². The molecule has 0 aromatic heterocycles. The first-order valence-electron chi connectivity index (χ1n) is 4.81. The summed E-state index contributed by atoms with van der Waals surface area (Å²) >= 11 is 9.34. The standard InChI is InChI=1S/C11H11BrClNO/c12-9-5-11(15)14(7-9)6-8-2-1-3-10(13)4-8/h1-4,9H,5-7H2. The van der Waals surface area contributed by atoms with Crippen LogP contribution < -0.4 is 0 Å². The number of hydrogen-bond acceptors (Lipinski definition) is 1. The van der Waals surface area contributed by atoms with Gasteiger partial charge in [-0.05, 0) is 17.7 Å². The summed E-state index contributed by atoms with van der Waals surface area (Å²) in [5, 5.41) is 0.717. The lowest BCUT2D eigenvalue weighted by Gasteiger charge is -2.15. The molecule has 1 unspecified atom stereocenters. The van der Waals surface area contributed by atoms with Crippen LogP contribution >= 0.6 is 27.5 Å². The third kappa shape index (κ3) is 2.73. The van der Waals surface area contributed by atoms with E-state index in [4.69, 9.17) is 11.6 Å². The first-order chi connectivity index (χ1) is 7.15. The van der Waals surface area contributed by atoms with E-state index in [0.717, 1.165) is 17.1 Å². The van der Waals surface area contributed by atoms with Crippen molar-refractivity contribution in [1.82, 2.24) is 4.90 Å². The lowest BCUT2D eigenvalue weighted by atomic mass is 10.2. The van der Waals surface area contributed by atoms with Crippen LogP contribution in [-0.4, -0.2) is 22.2 Å². The van der Waals surface area contributed by atoms with Gasteiger partial charge in [0.2, 0.25) is 5.91 Å². The molecule has 0 aliphatic carbocycles. The molecule has 1 heterocycles. The highest BCUT2D eigenvalue weighted by Gasteiger charge is 2.27. The van der Waals surface area contributed by atoms with Crippen molar-refractivity contribution in [2.75, 3.05) is 6.54 Å². The van der Waals surface area contributed by atoms with Gasteiger partial charge in [-0.3, -0.25) is 4.79 Å². The Labute approximate surface area is 102 Å². The van der Waals surface area contributed by atoms with E-state index < -0.39 is 0 Å². The molecule has 2 rings (SSSR count). The minimum absolute atomic E-state index is 0.205. The number of hydrogen-bond donors (Lipinski definition) is 0. The number of carbonyl (C=O) groups is 1. The monoisotopic (exact) mass is 287 g/mol. The van der Waals surface area contributed by atoms with Crippen LogP contribution in [-0.2, 0) is 11.3 Å². The van der Waals surface area contributed by atoms with Crippen molar-refractivity contribution in [3.63, 3.8) is 0 Å². The van der Waals surface area contributed by atoms with Gasteiger partial charge in [0.1, 0.15) is 0 Å². The quantitative estimate of drug-likeness (QED) is 0.766. The molecule has 0 bridgehead atoms. The number of amides is 1. The Bertz CT molecular complexity index is 383. The Morgan fingerprint density at radius 1 is 1.53 bits per heavy atom. The Kier molecular flexibility index (Phi) is 3.32. The van der Waals surface area contributed by atoms with Crippen molar-refractivity contribution in [3.8, 4) is 0 Å². The van der Waals surface area contributed by atoms with Gasteiger partial charge < -0.3 is 4.90 Å². The lowest BCUT2D eigenvalue weighted by Crippen LogP contribution is -2.24. The number of rotatable bonds is 2. The van der Waals surface area contributed by atoms with Crippen LogP contribution in [0.2, 0.25) is 5.02 Å². The molecule has 1 fully saturated rings. The molecule has 0 saturated carbocycles. The van der Waals surface area contributed by atoms with E-state index in [2.05, 4.69) is 15.9 Å². The number of halogens is 2. The van der Waals surface area contributed by atoms with Crippen LogP contribution in [0.5, 0.6) is 0 Å². The topological polar surface area (TPSA) is 20.3 Å². The van der Waals surface area contributed by atoms with Crippen molar-refractivity contribution in [3.05, 3.63) is 34.9 Å². The molecule has 1 aromatic rings.